The second-order valence-corrected chi connectivity index (χ2v) is 6.27. The molecule has 0 aliphatic heterocycles. The van der Waals surface area contributed by atoms with Gasteiger partial charge in [0.1, 0.15) is 0 Å². The Morgan fingerprint density at radius 3 is 2.70 bits per heavy atom. The van der Waals surface area contributed by atoms with Crippen molar-refractivity contribution in [2.24, 2.45) is 5.73 Å². The predicted octanol–water partition coefficient (Wildman–Crippen LogP) is 2.58. The lowest BCUT2D eigenvalue weighted by Gasteiger charge is -2.16. The number of rotatable bonds is 5. The zero-order valence-corrected chi connectivity index (χ0v) is 12.2. The minimum atomic E-state index is 0.197. The molecule has 1 saturated carbocycles. The molecule has 1 atom stereocenters. The molecule has 0 amide bonds. The van der Waals surface area contributed by atoms with Gasteiger partial charge in [0, 0.05) is 11.8 Å². The molecule has 1 aliphatic rings. The number of tetrazole rings is 1. The van der Waals surface area contributed by atoms with Gasteiger partial charge in [-0.15, -0.1) is 5.10 Å². The molecule has 2 aromatic rings. The first-order chi connectivity index (χ1) is 9.88. The van der Waals surface area contributed by atoms with Crippen LogP contribution in [0, 0.1) is 0 Å². The van der Waals surface area contributed by atoms with Gasteiger partial charge in [0.05, 0.1) is 6.04 Å². The third-order valence-corrected chi connectivity index (χ3v) is 4.99. The summed E-state index contributed by atoms with van der Waals surface area (Å²) in [5, 5.41) is 13.3. The minimum absolute atomic E-state index is 0.197. The van der Waals surface area contributed by atoms with Crippen LogP contribution in [0.25, 0.3) is 0 Å². The van der Waals surface area contributed by atoms with Crippen LogP contribution >= 0.6 is 11.8 Å². The van der Waals surface area contributed by atoms with E-state index in [2.05, 4.69) is 27.7 Å². The fraction of sp³-hybridized carbons (Fsp3) is 0.500. The van der Waals surface area contributed by atoms with E-state index in [4.69, 9.17) is 5.73 Å². The molecule has 1 aromatic carbocycles. The van der Waals surface area contributed by atoms with Gasteiger partial charge in [-0.2, -0.15) is 0 Å². The molecular weight excluding hydrogens is 270 g/mol. The highest BCUT2D eigenvalue weighted by atomic mass is 32.2. The molecule has 106 valence electrons. The number of thioether (sulfide) groups is 1. The van der Waals surface area contributed by atoms with Crippen molar-refractivity contribution in [1.82, 2.24) is 20.2 Å². The van der Waals surface area contributed by atoms with Crippen LogP contribution in [0.4, 0.5) is 0 Å². The lowest BCUT2D eigenvalue weighted by atomic mass is 10.1. The number of nitrogens with two attached hydrogens (primary N) is 1. The average Bonchev–Trinajstić information content (AvgIpc) is 3.16. The number of hydrogen-bond acceptors (Lipinski definition) is 5. The second-order valence-electron chi connectivity index (χ2n) is 5.10. The predicted molar refractivity (Wildman–Crippen MR) is 79.4 cm³/mol. The summed E-state index contributed by atoms with van der Waals surface area (Å²) in [4.78, 5) is 0. The topological polar surface area (TPSA) is 69.6 Å². The van der Waals surface area contributed by atoms with Crippen molar-refractivity contribution in [2.45, 2.75) is 42.1 Å². The standard InChI is InChI=1S/C14H19N5S/c15-10-13(11-6-2-1-3-7-11)20-14-16-17-18-19(14)12-8-4-5-9-12/h1-3,6-7,12-13H,4-5,8-10,15H2. The van der Waals surface area contributed by atoms with Crippen LogP contribution in [-0.4, -0.2) is 26.8 Å². The van der Waals surface area contributed by atoms with Crippen molar-refractivity contribution in [3.05, 3.63) is 35.9 Å². The van der Waals surface area contributed by atoms with E-state index >= 15 is 0 Å². The molecule has 0 bridgehead atoms. The fourth-order valence-corrected chi connectivity index (χ4v) is 3.71. The molecule has 1 fully saturated rings. The molecule has 1 heterocycles. The molecule has 20 heavy (non-hydrogen) atoms. The Labute approximate surface area is 122 Å². The Bertz CT molecular complexity index is 536. The van der Waals surface area contributed by atoms with Crippen LogP contribution in [0.1, 0.15) is 42.5 Å². The van der Waals surface area contributed by atoms with E-state index in [-0.39, 0.29) is 5.25 Å². The molecule has 1 unspecified atom stereocenters. The highest BCUT2D eigenvalue weighted by molar-refractivity contribution is 7.99. The first-order valence-electron chi connectivity index (χ1n) is 7.08. The lowest BCUT2D eigenvalue weighted by molar-refractivity contribution is 0.422. The summed E-state index contributed by atoms with van der Waals surface area (Å²) in [6.07, 6.45) is 4.90. The summed E-state index contributed by atoms with van der Waals surface area (Å²) < 4.78 is 1.99. The molecule has 3 rings (SSSR count). The maximum atomic E-state index is 5.93. The average molecular weight is 289 g/mol. The number of benzene rings is 1. The van der Waals surface area contributed by atoms with Crippen molar-refractivity contribution in [3.63, 3.8) is 0 Å². The Morgan fingerprint density at radius 2 is 2.00 bits per heavy atom. The Hall–Kier alpha value is -1.40. The van der Waals surface area contributed by atoms with Gasteiger partial charge in [-0.25, -0.2) is 4.68 Å². The third kappa shape index (κ3) is 2.86. The first kappa shape index (κ1) is 13.6. The van der Waals surface area contributed by atoms with Gasteiger partial charge in [0.25, 0.3) is 0 Å². The molecule has 0 radical (unpaired) electrons. The van der Waals surface area contributed by atoms with Crippen molar-refractivity contribution < 1.29 is 0 Å². The van der Waals surface area contributed by atoms with Crippen LogP contribution < -0.4 is 5.73 Å². The molecule has 1 aliphatic carbocycles. The highest BCUT2D eigenvalue weighted by Crippen LogP contribution is 2.36. The van der Waals surface area contributed by atoms with Crippen LogP contribution in [-0.2, 0) is 0 Å². The Morgan fingerprint density at radius 1 is 1.25 bits per heavy atom. The van der Waals surface area contributed by atoms with Crippen molar-refractivity contribution >= 4 is 11.8 Å². The molecule has 0 saturated heterocycles. The SMILES string of the molecule is NCC(Sc1nnnn1C1CCCC1)c1ccccc1. The monoisotopic (exact) mass is 289 g/mol. The van der Waals surface area contributed by atoms with Crippen LogP contribution in [0.15, 0.2) is 35.5 Å². The van der Waals surface area contributed by atoms with Crippen molar-refractivity contribution in [3.8, 4) is 0 Å². The zero-order chi connectivity index (χ0) is 13.8. The first-order valence-corrected chi connectivity index (χ1v) is 7.96. The van der Waals surface area contributed by atoms with Gasteiger partial charge in [-0.3, -0.25) is 0 Å². The molecule has 2 N–H and O–H groups in total. The highest BCUT2D eigenvalue weighted by Gasteiger charge is 2.23. The quantitative estimate of drug-likeness (QED) is 0.857. The normalized spacial score (nSPS) is 17.4. The van der Waals surface area contributed by atoms with Crippen LogP contribution in [0.3, 0.4) is 0 Å². The number of hydrogen-bond donors (Lipinski definition) is 1. The molecule has 0 spiro atoms. The van der Waals surface area contributed by atoms with E-state index in [1.807, 2.05) is 22.9 Å². The number of nitrogens with zero attached hydrogens (tertiary/aromatic N) is 4. The third-order valence-electron chi connectivity index (χ3n) is 3.77. The maximum absolute atomic E-state index is 5.93. The molecule has 1 aromatic heterocycles. The zero-order valence-electron chi connectivity index (χ0n) is 11.4. The van der Waals surface area contributed by atoms with E-state index < -0.39 is 0 Å². The second kappa shape index (κ2) is 6.37. The number of aromatic nitrogens is 4. The van der Waals surface area contributed by atoms with Gasteiger partial charge in [0.15, 0.2) is 0 Å². The summed E-state index contributed by atoms with van der Waals surface area (Å²) in [6.45, 7) is 0.576. The van der Waals surface area contributed by atoms with E-state index in [0.29, 0.717) is 12.6 Å². The fourth-order valence-electron chi connectivity index (χ4n) is 2.69. The van der Waals surface area contributed by atoms with E-state index in [9.17, 15) is 0 Å². The van der Waals surface area contributed by atoms with E-state index in [1.165, 1.54) is 31.2 Å². The molecule has 6 heteroatoms. The van der Waals surface area contributed by atoms with Gasteiger partial charge in [-0.05, 0) is 28.8 Å². The van der Waals surface area contributed by atoms with Crippen molar-refractivity contribution in [1.29, 1.82) is 0 Å². The lowest BCUT2D eigenvalue weighted by Crippen LogP contribution is -2.13. The molecule has 5 nitrogen and oxygen atoms in total. The van der Waals surface area contributed by atoms with Gasteiger partial charge in [0.2, 0.25) is 5.16 Å². The van der Waals surface area contributed by atoms with Crippen LogP contribution in [0.2, 0.25) is 0 Å². The van der Waals surface area contributed by atoms with Gasteiger partial charge in [-0.1, -0.05) is 54.9 Å². The van der Waals surface area contributed by atoms with E-state index in [1.54, 1.807) is 11.8 Å². The van der Waals surface area contributed by atoms with E-state index in [0.717, 1.165) is 5.16 Å². The minimum Gasteiger partial charge on any atom is -0.329 e. The van der Waals surface area contributed by atoms with Gasteiger partial charge >= 0.3 is 0 Å². The van der Waals surface area contributed by atoms with Gasteiger partial charge < -0.3 is 5.73 Å². The largest absolute Gasteiger partial charge is 0.329 e. The summed E-state index contributed by atoms with van der Waals surface area (Å²) in [6, 6.07) is 10.8. The summed E-state index contributed by atoms with van der Waals surface area (Å²) in [5.74, 6) is 0. The maximum Gasteiger partial charge on any atom is 0.210 e. The Kier molecular flexibility index (Phi) is 4.32. The summed E-state index contributed by atoms with van der Waals surface area (Å²) in [7, 11) is 0. The molecular formula is C14H19N5S. The summed E-state index contributed by atoms with van der Waals surface area (Å²) in [5.41, 5.74) is 7.15. The smallest absolute Gasteiger partial charge is 0.210 e. The summed E-state index contributed by atoms with van der Waals surface area (Å²) >= 11 is 1.66. The Balaban J connectivity index is 1.78. The van der Waals surface area contributed by atoms with Crippen LogP contribution in [0.5, 0.6) is 0 Å². The van der Waals surface area contributed by atoms with Crippen molar-refractivity contribution in [2.75, 3.05) is 6.54 Å².